The van der Waals surface area contributed by atoms with E-state index >= 15 is 0 Å². The quantitative estimate of drug-likeness (QED) is 0.433. The summed E-state index contributed by atoms with van der Waals surface area (Å²) in [6, 6.07) is 3.31. The second-order valence-corrected chi connectivity index (χ2v) is 7.10. The number of carbonyl (C=O) groups is 3. The predicted molar refractivity (Wildman–Crippen MR) is 107 cm³/mol. The maximum absolute atomic E-state index is 12.6. The topological polar surface area (TPSA) is 94.7 Å². The highest BCUT2D eigenvalue weighted by Crippen LogP contribution is 2.40. The standard InChI is InChI=1S/C21H20ClNO6/c1-10-18(12(3)24)11(2)23-19(10)20(26)13(4)29-17(25)6-5-14-7-15(22)21-16(8-14)27-9-28-21/h5-8,13,23H,9H2,1-4H3/b6-5+/t13-/m1/s1. The van der Waals surface area contributed by atoms with E-state index in [1.807, 2.05) is 0 Å². The second kappa shape index (κ2) is 8.13. The number of aryl methyl sites for hydroxylation is 1. The van der Waals surface area contributed by atoms with Crippen LogP contribution in [0.4, 0.5) is 0 Å². The van der Waals surface area contributed by atoms with Crippen molar-refractivity contribution in [3.8, 4) is 11.5 Å². The van der Waals surface area contributed by atoms with Crippen molar-refractivity contribution in [1.29, 1.82) is 0 Å². The van der Waals surface area contributed by atoms with E-state index in [9.17, 15) is 14.4 Å². The van der Waals surface area contributed by atoms with Crippen LogP contribution >= 0.6 is 11.6 Å². The first-order valence-electron chi connectivity index (χ1n) is 8.91. The molecular weight excluding hydrogens is 398 g/mol. The summed E-state index contributed by atoms with van der Waals surface area (Å²) in [4.78, 5) is 39.4. The maximum Gasteiger partial charge on any atom is 0.331 e. The molecule has 2 aromatic rings. The van der Waals surface area contributed by atoms with Gasteiger partial charge in [0.05, 0.1) is 10.7 Å². The Labute approximate surface area is 172 Å². The summed E-state index contributed by atoms with van der Waals surface area (Å²) < 4.78 is 15.7. The van der Waals surface area contributed by atoms with Crippen molar-refractivity contribution in [3.05, 3.63) is 51.3 Å². The van der Waals surface area contributed by atoms with E-state index in [2.05, 4.69) is 4.98 Å². The number of halogens is 1. The van der Waals surface area contributed by atoms with Gasteiger partial charge in [-0.3, -0.25) is 9.59 Å². The van der Waals surface area contributed by atoms with Crippen LogP contribution in [0.1, 0.15) is 51.5 Å². The number of hydrogen-bond acceptors (Lipinski definition) is 6. The molecule has 0 radical (unpaired) electrons. The number of benzene rings is 1. The van der Waals surface area contributed by atoms with Crippen LogP contribution in [0.15, 0.2) is 18.2 Å². The van der Waals surface area contributed by atoms with Crippen LogP contribution in [0.25, 0.3) is 6.08 Å². The van der Waals surface area contributed by atoms with Crippen molar-refractivity contribution in [1.82, 2.24) is 4.98 Å². The molecule has 3 rings (SSSR count). The van der Waals surface area contributed by atoms with Gasteiger partial charge in [0.1, 0.15) is 0 Å². The van der Waals surface area contributed by atoms with Gasteiger partial charge in [0, 0.05) is 17.3 Å². The zero-order valence-corrected chi connectivity index (χ0v) is 17.2. The van der Waals surface area contributed by atoms with Gasteiger partial charge in [-0.05, 0) is 57.0 Å². The Morgan fingerprint density at radius 1 is 1.24 bits per heavy atom. The first-order chi connectivity index (χ1) is 13.7. The molecule has 0 aliphatic carbocycles. The molecule has 1 aliphatic rings. The molecule has 7 nitrogen and oxygen atoms in total. The van der Waals surface area contributed by atoms with E-state index in [4.69, 9.17) is 25.8 Å². The molecule has 152 valence electrons. The molecule has 0 spiro atoms. The molecule has 0 saturated heterocycles. The highest BCUT2D eigenvalue weighted by molar-refractivity contribution is 6.32. The third-order valence-electron chi connectivity index (χ3n) is 4.56. The van der Waals surface area contributed by atoms with Crippen LogP contribution in [0.3, 0.4) is 0 Å². The monoisotopic (exact) mass is 417 g/mol. The first kappa shape index (κ1) is 20.7. The summed E-state index contributed by atoms with van der Waals surface area (Å²) in [6.45, 7) is 6.41. The zero-order valence-electron chi connectivity index (χ0n) is 16.4. The lowest BCUT2D eigenvalue weighted by Gasteiger charge is -2.10. The summed E-state index contributed by atoms with van der Waals surface area (Å²) in [5, 5.41) is 0.371. The van der Waals surface area contributed by atoms with Gasteiger partial charge < -0.3 is 19.2 Å². The normalized spacial score (nSPS) is 13.6. The Balaban J connectivity index is 1.69. The fraction of sp³-hybridized carbons (Fsp3) is 0.286. The fourth-order valence-corrected chi connectivity index (χ4v) is 3.52. The number of rotatable bonds is 6. The lowest BCUT2D eigenvalue weighted by atomic mass is 10.0. The minimum absolute atomic E-state index is 0.0901. The summed E-state index contributed by atoms with van der Waals surface area (Å²) in [5.74, 6) is -0.274. The van der Waals surface area contributed by atoms with E-state index in [1.54, 1.807) is 26.0 Å². The lowest BCUT2D eigenvalue weighted by Crippen LogP contribution is -2.24. The number of H-pyrrole nitrogens is 1. The molecule has 0 fully saturated rings. The van der Waals surface area contributed by atoms with Gasteiger partial charge in [0.15, 0.2) is 23.4 Å². The van der Waals surface area contributed by atoms with Crippen LogP contribution in [0, 0.1) is 13.8 Å². The molecular formula is C21H20ClNO6. The van der Waals surface area contributed by atoms with E-state index in [0.29, 0.717) is 38.9 Å². The van der Waals surface area contributed by atoms with Crippen molar-refractivity contribution < 1.29 is 28.6 Å². The van der Waals surface area contributed by atoms with Gasteiger partial charge in [-0.25, -0.2) is 4.79 Å². The van der Waals surface area contributed by atoms with Crippen molar-refractivity contribution in [2.45, 2.75) is 33.8 Å². The zero-order chi connectivity index (χ0) is 21.3. The Kier molecular flexibility index (Phi) is 5.79. The highest BCUT2D eigenvalue weighted by Gasteiger charge is 2.25. The van der Waals surface area contributed by atoms with Crippen molar-refractivity contribution in [2.75, 3.05) is 6.79 Å². The number of aromatic nitrogens is 1. The van der Waals surface area contributed by atoms with E-state index in [1.165, 1.54) is 26.0 Å². The second-order valence-electron chi connectivity index (χ2n) is 6.69. The number of ketones is 2. The number of nitrogens with one attached hydrogen (secondary N) is 1. The van der Waals surface area contributed by atoms with E-state index in [-0.39, 0.29) is 18.3 Å². The number of hydrogen-bond donors (Lipinski definition) is 1. The van der Waals surface area contributed by atoms with Gasteiger partial charge in [0.2, 0.25) is 12.6 Å². The lowest BCUT2D eigenvalue weighted by molar-refractivity contribution is -0.140. The molecule has 0 unspecified atom stereocenters. The van der Waals surface area contributed by atoms with Crippen molar-refractivity contribution in [3.63, 3.8) is 0 Å². The van der Waals surface area contributed by atoms with Gasteiger partial charge >= 0.3 is 5.97 Å². The number of fused-ring (bicyclic) bond motifs is 1. The minimum Gasteiger partial charge on any atom is -0.454 e. The average molecular weight is 418 g/mol. The summed E-state index contributed by atoms with van der Waals surface area (Å²) in [7, 11) is 0. The van der Waals surface area contributed by atoms with Crippen molar-refractivity contribution in [2.24, 2.45) is 0 Å². The van der Waals surface area contributed by atoms with Crippen LogP contribution in [-0.2, 0) is 9.53 Å². The summed E-state index contributed by atoms with van der Waals surface area (Å²) in [6.07, 6.45) is 1.68. The van der Waals surface area contributed by atoms with Crippen molar-refractivity contribution >= 4 is 35.2 Å². The van der Waals surface area contributed by atoms with Crippen LogP contribution in [0.5, 0.6) is 11.5 Å². The third-order valence-corrected chi connectivity index (χ3v) is 4.84. The third kappa shape index (κ3) is 4.19. The molecule has 2 heterocycles. The fourth-order valence-electron chi connectivity index (χ4n) is 3.24. The SMILES string of the molecule is CC(=O)c1c(C)[nH]c(C(=O)[C@@H](C)OC(=O)/C=C/c2cc(Cl)c3c(c2)OCO3)c1C. The minimum atomic E-state index is -1.02. The highest BCUT2D eigenvalue weighted by atomic mass is 35.5. The number of esters is 1. The van der Waals surface area contributed by atoms with E-state index in [0.717, 1.165) is 0 Å². The number of aromatic amines is 1. The number of carbonyl (C=O) groups excluding carboxylic acids is 3. The molecule has 0 amide bonds. The number of Topliss-reactive ketones (excluding diaryl/α,β-unsaturated/α-hetero) is 2. The summed E-state index contributed by atoms with van der Waals surface area (Å²) >= 11 is 6.11. The smallest absolute Gasteiger partial charge is 0.331 e. The van der Waals surface area contributed by atoms with E-state index < -0.39 is 17.9 Å². The van der Waals surface area contributed by atoms with Gasteiger partial charge in [-0.15, -0.1) is 0 Å². The average Bonchev–Trinajstić information content (AvgIpc) is 3.23. The predicted octanol–water partition coefficient (Wildman–Crippen LogP) is 4.04. The van der Waals surface area contributed by atoms with Crippen LogP contribution < -0.4 is 9.47 Å². The van der Waals surface area contributed by atoms with Crippen LogP contribution in [0.2, 0.25) is 5.02 Å². The molecule has 0 bridgehead atoms. The molecule has 1 N–H and O–H groups in total. The van der Waals surface area contributed by atoms with Gasteiger partial charge in [-0.1, -0.05) is 11.6 Å². The molecule has 8 heteroatoms. The molecule has 1 aromatic carbocycles. The largest absolute Gasteiger partial charge is 0.454 e. The Morgan fingerprint density at radius 3 is 2.62 bits per heavy atom. The first-order valence-corrected chi connectivity index (χ1v) is 9.29. The molecule has 1 atom stereocenters. The molecule has 0 saturated carbocycles. The summed E-state index contributed by atoms with van der Waals surface area (Å²) in [5.41, 5.74) is 2.52. The van der Waals surface area contributed by atoms with Gasteiger partial charge in [0.25, 0.3) is 0 Å². The Bertz CT molecular complexity index is 1040. The Hall–Kier alpha value is -3.06. The molecule has 29 heavy (non-hydrogen) atoms. The maximum atomic E-state index is 12.6. The van der Waals surface area contributed by atoms with Gasteiger partial charge in [-0.2, -0.15) is 0 Å². The molecule has 1 aromatic heterocycles. The number of ether oxygens (including phenoxy) is 3. The molecule has 1 aliphatic heterocycles. The van der Waals surface area contributed by atoms with Crippen LogP contribution in [-0.4, -0.2) is 35.4 Å². The Morgan fingerprint density at radius 2 is 1.97 bits per heavy atom.